The van der Waals surface area contributed by atoms with Crippen molar-refractivity contribution in [1.29, 1.82) is 0 Å². The van der Waals surface area contributed by atoms with Gasteiger partial charge in [0.05, 0.1) is 6.42 Å². The van der Waals surface area contributed by atoms with Crippen molar-refractivity contribution in [3.63, 3.8) is 0 Å². The molecule has 1 rings (SSSR count). The molecule has 0 saturated carbocycles. The van der Waals surface area contributed by atoms with Crippen LogP contribution in [0.4, 0.5) is 0 Å². The van der Waals surface area contributed by atoms with Crippen molar-refractivity contribution in [3.05, 3.63) is 34.9 Å². The number of carbonyl (C=O) groups is 1. The van der Waals surface area contributed by atoms with Crippen molar-refractivity contribution in [2.75, 3.05) is 0 Å². The molecule has 1 atom stereocenters. The topological polar surface area (TPSA) is 29.1 Å². The maximum Gasteiger partial charge on any atom is 0.224 e. The van der Waals surface area contributed by atoms with Gasteiger partial charge >= 0.3 is 0 Å². The Kier molecular flexibility index (Phi) is 5.33. The van der Waals surface area contributed by atoms with Gasteiger partial charge in [-0.1, -0.05) is 37.1 Å². The van der Waals surface area contributed by atoms with E-state index in [-0.39, 0.29) is 11.9 Å². The Balaban J connectivity index is 2.42. The van der Waals surface area contributed by atoms with Crippen LogP contribution >= 0.6 is 11.6 Å². The second-order valence-electron chi connectivity index (χ2n) is 4.06. The lowest BCUT2D eigenvalue weighted by Crippen LogP contribution is -2.33. The zero-order valence-corrected chi connectivity index (χ0v) is 10.6. The van der Waals surface area contributed by atoms with Gasteiger partial charge in [0.1, 0.15) is 0 Å². The summed E-state index contributed by atoms with van der Waals surface area (Å²) in [5.41, 5.74) is 0.991. The molecule has 1 aromatic carbocycles. The minimum Gasteiger partial charge on any atom is -0.353 e. The molecule has 1 N–H and O–H groups in total. The van der Waals surface area contributed by atoms with Gasteiger partial charge in [0.15, 0.2) is 0 Å². The summed E-state index contributed by atoms with van der Waals surface area (Å²) in [6.07, 6.45) is 2.53. The Morgan fingerprint density at radius 2 is 2.00 bits per heavy atom. The molecule has 0 radical (unpaired) electrons. The predicted octanol–water partition coefficient (Wildman–Crippen LogP) is 3.19. The molecule has 0 aliphatic carbocycles. The molecule has 0 aliphatic rings. The van der Waals surface area contributed by atoms with Crippen molar-refractivity contribution in [3.8, 4) is 0 Å². The summed E-state index contributed by atoms with van der Waals surface area (Å²) in [7, 11) is 0. The van der Waals surface area contributed by atoms with Gasteiger partial charge in [0.2, 0.25) is 5.91 Å². The summed E-state index contributed by atoms with van der Waals surface area (Å²) in [4.78, 5) is 11.6. The van der Waals surface area contributed by atoms with Crippen molar-refractivity contribution >= 4 is 17.5 Å². The number of rotatable bonds is 5. The first-order valence-electron chi connectivity index (χ1n) is 5.65. The Labute approximate surface area is 102 Å². The highest BCUT2D eigenvalue weighted by Crippen LogP contribution is 2.10. The minimum absolute atomic E-state index is 0.0725. The van der Waals surface area contributed by atoms with Crippen LogP contribution in [0.3, 0.4) is 0 Å². The molecule has 0 heterocycles. The van der Waals surface area contributed by atoms with Crippen LogP contribution in [0.15, 0.2) is 24.3 Å². The van der Waals surface area contributed by atoms with E-state index in [1.54, 1.807) is 12.1 Å². The first-order chi connectivity index (χ1) is 7.61. The molecular formula is C13H18ClNO. The highest BCUT2D eigenvalue weighted by molar-refractivity contribution is 6.30. The molecule has 3 heteroatoms. The van der Waals surface area contributed by atoms with Crippen molar-refractivity contribution < 1.29 is 4.79 Å². The number of hydrogen-bond donors (Lipinski definition) is 1. The highest BCUT2D eigenvalue weighted by atomic mass is 35.5. The van der Waals surface area contributed by atoms with Gasteiger partial charge in [-0.05, 0) is 31.0 Å². The fraction of sp³-hybridized carbons (Fsp3) is 0.462. The van der Waals surface area contributed by atoms with Crippen LogP contribution in [0, 0.1) is 0 Å². The number of benzene rings is 1. The SMILES string of the molecule is CCC[C@@H](C)NC(=O)Cc1ccc(Cl)cc1. The van der Waals surface area contributed by atoms with Crippen LogP contribution in [-0.2, 0) is 11.2 Å². The lowest BCUT2D eigenvalue weighted by atomic mass is 10.1. The van der Waals surface area contributed by atoms with Crippen molar-refractivity contribution in [2.45, 2.75) is 39.2 Å². The summed E-state index contributed by atoms with van der Waals surface area (Å²) < 4.78 is 0. The molecule has 0 saturated heterocycles. The van der Waals surface area contributed by atoms with E-state index in [4.69, 9.17) is 11.6 Å². The van der Waals surface area contributed by atoms with Crippen molar-refractivity contribution in [2.24, 2.45) is 0 Å². The third-order valence-corrected chi connectivity index (χ3v) is 2.66. The summed E-state index contributed by atoms with van der Waals surface area (Å²) in [5.74, 6) is 0.0725. The van der Waals surface area contributed by atoms with E-state index in [0.717, 1.165) is 18.4 Å². The van der Waals surface area contributed by atoms with Crippen LogP contribution in [0.1, 0.15) is 32.3 Å². The van der Waals surface area contributed by atoms with Gasteiger partial charge in [-0.15, -0.1) is 0 Å². The number of hydrogen-bond acceptors (Lipinski definition) is 1. The lowest BCUT2D eigenvalue weighted by molar-refractivity contribution is -0.121. The molecule has 0 bridgehead atoms. The van der Waals surface area contributed by atoms with E-state index < -0.39 is 0 Å². The molecule has 0 aliphatic heterocycles. The standard InChI is InChI=1S/C13H18ClNO/c1-3-4-10(2)15-13(16)9-11-5-7-12(14)8-6-11/h5-8,10H,3-4,9H2,1-2H3,(H,15,16)/t10-/m1/s1. The van der Waals surface area contributed by atoms with Crippen molar-refractivity contribution in [1.82, 2.24) is 5.32 Å². The molecule has 16 heavy (non-hydrogen) atoms. The number of amides is 1. The Bertz CT molecular complexity index is 334. The monoisotopic (exact) mass is 239 g/mol. The zero-order valence-electron chi connectivity index (χ0n) is 9.79. The van der Waals surface area contributed by atoms with Gasteiger partial charge in [-0.3, -0.25) is 4.79 Å². The van der Waals surface area contributed by atoms with E-state index in [9.17, 15) is 4.79 Å². The first kappa shape index (κ1) is 13.0. The molecule has 0 aromatic heterocycles. The molecule has 0 fully saturated rings. The van der Waals surface area contributed by atoms with Gasteiger partial charge in [-0.25, -0.2) is 0 Å². The maximum absolute atomic E-state index is 11.6. The minimum atomic E-state index is 0.0725. The average Bonchev–Trinajstić information content (AvgIpc) is 2.21. The Hall–Kier alpha value is -1.02. The second kappa shape index (κ2) is 6.54. The van der Waals surface area contributed by atoms with E-state index in [2.05, 4.69) is 12.2 Å². The van der Waals surface area contributed by atoms with E-state index >= 15 is 0 Å². The third-order valence-electron chi connectivity index (χ3n) is 2.41. The fourth-order valence-electron chi connectivity index (χ4n) is 1.62. The average molecular weight is 240 g/mol. The van der Waals surface area contributed by atoms with Crippen LogP contribution in [0.2, 0.25) is 5.02 Å². The number of carbonyl (C=O) groups excluding carboxylic acids is 1. The third kappa shape index (κ3) is 4.67. The molecule has 0 spiro atoms. The van der Waals surface area contributed by atoms with E-state index in [0.29, 0.717) is 11.4 Å². The molecule has 2 nitrogen and oxygen atoms in total. The maximum atomic E-state index is 11.6. The van der Waals surface area contributed by atoms with E-state index in [1.165, 1.54) is 0 Å². The summed E-state index contributed by atoms with van der Waals surface area (Å²) in [6, 6.07) is 7.63. The van der Waals surface area contributed by atoms with E-state index in [1.807, 2.05) is 19.1 Å². The van der Waals surface area contributed by atoms with Crippen LogP contribution < -0.4 is 5.32 Å². The van der Waals surface area contributed by atoms with Crippen LogP contribution in [-0.4, -0.2) is 11.9 Å². The number of nitrogens with one attached hydrogen (secondary N) is 1. The van der Waals surface area contributed by atoms with Gasteiger partial charge in [-0.2, -0.15) is 0 Å². The Morgan fingerprint density at radius 1 is 1.38 bits per heavy atom. The summed E-state index contributed by atoms with van der Waals surface area (Å²) in [6.45, 7) is 4.14. The zero-order chi connectivity index (χ0) is 12.0. The fourth-order valence-corrected chi connectivity index (χ4v) is 1.74. The largest absolute Gasteiger partial charge is 0.353 e. The molecule has 1 aromatic rings. The van der Waals surface area contributed by atoms with Gasteiger partial charge < -0.3 is 5.32 Å². The number of halogens is 1. The normalized spacial score (nSPS) is 12.2. The predicted molar refractivity (Wildman–Crippen MR) is 67.7 cm³/mol. The second-order valence-corrected chi connectivity index (χ2v) is 4.50. The smallest absolute Gasteiger partial charge is 0.224 e. The van der Waals surface area contributed by atoms with Crippen LogP contribution in [0.5, 0.6) is 0 Å². The first-order valence-corrected chi connectivity index (χ1v) is 6.03. The highest BCUT2D eigenvalue weighted by Gasteiger charge is 2.07. The summed E-state index contributed by atoms with van der Waals surface area (Å²) in [5, 5.41) is 3.67. The lowest BCUT2D eigenvalue weighted by Gasteiger charge is -2.12. The molecular weight excluding hydrogens is 222 g/mol. The molecule has 88 valence electrons. The quantitative estimate of drug-likeness (QED) is 0.840. The summed E-state index contributed by atoms with van der Waals surface area (Å²) >= 11 is 5.77. The molecule has 1 amide bonds. The van der Waals surface area contributed by atoms with Gasteiger partial charge in [0, 0.05) is 11.1 Å². The van der Waals surface area contributed by atoms with Gasteiger partial charge in [0.25, 0.3) is 0 Å². The Morgan fingerprint density at radius 3 is 2.56 bits per heavy atom. The van der Waals surface area contributed by atoms with Crippen LogP contribution in [0.25, 0.3) is 0 Å². The molecule has 0 unspecified atom stereocenters.